The molecule has 3 unspecified atom stereocenters. The van der Waals surface area contributed by atoms with Gasteiger partial charge >= 0.3 is 0 Å². The molecule has 1 aliphatic rings. The van der Waals surface area contributed by atoms with E-state index >= 15 is 0 Å². The molecule has 1 aromatic carbocycles. The summed E-state index contributed by atoms with van der Waals surface area (Å²) < 4.78 is 17.3. The molecule has 1 heterocycles. The molecule has 4 nitrogen and oxygen atoms in total. The van der Waals surface area contributed by atoms with Crippen LogP contribution in [0.1, 0.15) is 38.7 Å². The van der Waals surface area contributed by atoms with E-state index in [1.54, 1.807) is 7.11 Å². The minimum atomic E-state index is 0.141. The van der Waals surface area contributed by atoms with Gasteiger partial charge in [0.25, 0.3) is 0 Å². The Morgan fingerprint density at radius 2 is 2.19 bits per heavy atom. The third-order valence-corrected chi connectivity index (χ3v) is 4.02. The lowest BCUT2D eigenvalue weighted by Crippen LogP contribution is -2.23. The van der Waals surface area contributed by atoms with Gasteiger partial charge in [-0.1, -0.05) is 19.1 Å². The van der Waals surface area contributed by atoms with Crippen molar-refractivity contribution < 1.29 is 14.2 Å². The molecule has 0 aromatic heterocycles. The number of ether oxygens (including phenoxy) is 3. The Morgan fingerprint density at radius 3 is 2.81 bits per heavy atom. The van der Waals surface area contributed by atoms with Gasteiger partial charge in [0, 0.05) is 6.04 Å². The Labute approximate surface area is 127 Å². The van der Waals surface area contributed by atoms with Gasteiger partial charge in [-0.25, -0.2) is 0 Å². The number of benzene rings is 1. The van der Waals surface area contributed by atoms with Crippen molar-refractivity contribution in [3.8, 4) is 11.5 Å². The average molecular weight is 293 g/mol. The minimum Gasteiger partial charge on any atom is -0.493 e. The van der Waals surface area contributed by atoms with Crippen LogP contribution in [-0.2, 0) is 11.2 Å². The molecule has 2 rings (SSSR count). The zero-order valence-electron chi connectivity index (χ0n) is 13.3. The zero-order chi connectivity index (χ0) is 15.2. The van der Waals surface area contributed by atoms with E-state index < -0.39 is 0 Å². The summed E-state index contributed by atoms with van der Waals surface area (Å²) >= 11 is 0. The van der Waals surface area contributed by atoms with Crippen LogP contribution >= 0.6 is 0 Å². The summed E-state index contributed by atoms with van der Waals surface area (Å²) in [5, 5.41) is 0. The molecule has 4 heteroatoms. The van der Waals surface area contributed by atoms with Crippen molar-refractivity contribution in [3.63, 3.8) is 0 Å². The van der Waals surface area contributed by atoms with E-state index in [2.05, 4.69) is 19.9 Å². The molecular formula is C17H27NO3. The maximum absolute atomic E-state index is 6.08. The van der Waals surface area contributed by atoms with Crippen LogP contribution in [0.3, 0.4) is 0 Å². The standard InChI is InChI=1S/C17H27NO3/c1-4-14(18)10-13-6-5-7-16(19-3)17(13)20-11-15-9-8-12(2)21-15/h5-7,12,14-15H,4,8-11,18H2,1-3H3. The molecule has 0 spiro atoms. The first-order valence-electron chi connectivity index (χ1n) is 7.83. The van der Waals surface area contributed by atoms with Crippen LogP contribution in [0.2, 0.25) is 0 Å². The van der Waals surface area contributed by atoms with Gasteiger partial charge in [0.05, 0.1) is 19.3 Å². The summed E-state index contributed by atoms with van der Waals surface area (Å²) in [5.41, 5.74) is 7.19. The molecule has 1 fully saturated rings. The topological polar surface area (TPSA) is 53.7 Å². The van der Waals surface area contributed by atoms with Crippen molar-refractivity contribution in [1.29, 1.82) is 0 Å². The number of para-hydroxylation sites is 1. The highest BCUT2D eigenvalue weighted by molar-refractivity contribution is 5.47. The molecule has 0 radical (unpaired) electrons. The predicted octanol–water partition coefficient (Wildman–Crippen LogP) is 2.92. The summed E-state index contributed by atoms with van der Waals surface area (Å²) in [7, 11) is 1.67. The minimum absolute atomic E-state index is 0.141. The van der Waals surface area contributed by atoms with Crippen molar-refractivity contribution in [2.75, 3.05) is 13.7 Å². The summed E-state index contributed by atoms with van der Waals surface area (Å²) in [4.78, 5) is 0. The smallest absolute Gasteiger partial charge is 0.164 e. The normalized spacial score (nSPS) is 23.0. The van der Waals surface area contributed by atoms with Crippen LogP contribution in [0.15, 0.2) is 18.2 Å². The number of hydrogen-bond acceptors (Lipinski definition) is 4. The fourth-order valence-electron chi connectivity index (χ4n) is 2.66. The van der Waals surface area contributed by atoms with Gasteiger partial charge in [0.15, 0.2) is 11.5 Å². The van der Waals surface area contributed by atoms with Crippen molar-refractivity contribution >= 4 is 0 Å². The second-order valence-electron chi connectivity index (χ2n) is 5.78. The fourth-order valence-corrected chi connectivity index (χ4v) is 2.66. The molecule has 0 saturated carbocycles. The van der Waals surface area contributed by atoms with Gasteiger partial charge in [-0.15, -0.1) is 0 Å². The summed E-state index contributed by atoms with van der Waals surface area (Å²) in [5.74, 6) is 1.58. The summed E-state index contributed by atoms with van der Waals surface area (Å²) in [6.45, 7) is 4.77. The van der Waals surface area contributed by atoms with E-state index in [0.717, 1.165) is 42.7 Å². The lowest BCUT2D eigenvalue weighted by molar-refractivity contribution is 0.0257. The fraction of sp³-hybridized carbons (Fsp3) is 0.647. The van der Waals surface area contributed by atoms with Crippen LogP contribution in [-0.4, -0.2) is 32.0 Å². The first kappa shape index (κ1) is 16.1. The van der Waals surface area contributed by atoms with Crippen molar-refractivity contribution in [1.82, 2.24) is 0 Å². The molecule has 2 N–H and O–H groups in total. The molecule has 0 amide bonds. The van der Waals surface area contributed by atoms with Crippen LogP contribution < -0.4 is 15.2 Å². The predicted molar refractivity (Wildman–Crippen MR) is 84.0 cm³/mol. The number of methoxy groups -OCH3 is 1. The Bertz CT molecular complexity index is 450. The third-order valence-electron chi connectivity index (χ3n) is 4.02. The van der Waals surface area contributed by atoms with Gasteiger partial charge in [0.2, 0.25) is 0 Å². The molecule has 1 aromatic rings. The van der Waals surface area contributed by atoms with E-state index in [4.69, 9.17) is 19.9 Å². The lowest BCUT2D eigenvalue weighted by Gasteiger charge is -2.19. The Morgan fingerprint density at radius 1 is 1.38 bits per heavy atom. The van der Waals surface area contributed by atoms with Gasteiger partial charge in [0.1, 0.15) is 6.61 Å². The van der Waals surface area contributed by atoms with E-state index in [1.165, 1.54) is 0 Å². The Kier molecular flexibility index (Phi) is 5.88. The zero-order valence-corrected chi connectivity index (χ0v) is 13.3. The summed E-state index contributed by atoms with van der Waals surface area (Å²) in [6, 6.07) is 6.11. The van der Waals surface area contributed by atoms with E-state index in [9.17, 15) is 0 Å². The van der Waals surface area contributed by atoms with Gasteiger partial charge < -0.3 is 19.9 Å². The third kappa shape index (κ3) is 4.35. The van der Waals surface area contributed by atoms with Crippen molar-refractivity contribution in [3.05, 3.63) is 23.8 Å². The highest BCUT2D eigenvalue weighted by Crippen LogP contribution is 2.33. The SMILES string of the molecule is CCC(N)Cc1cccc(OC)c1OCC1CCC(C)O1. The number of nitrogens with two attached hydrogens (primary N) is 1. The van der Waals surface area contributed by atoms with Gasteiger partial charge in [-0.3, -0.25) is 0 Å². The summed E-state index contributed by atoms with van der Waals surface area (Å²) in [6.07, 6.45) is 4.42. The van der Waals surface area contributed by atoms with Crippen LogP contribution in [0.25, 0.3) is 0 Å². The average Bonchev–Trinajstić information content (AvgIpc) is 2.91. The maximum atomic E-state index is 6.08. The molecular weight excluding hydrogens is 266 g/mol. The quantitative estimate of drug-likeness (QED) is 0.840. The highest BCUT2D eigenvalue weighted by Gasteiger charge is 2.23. The highest BCUT2D eigenvalue weighted by atomic mass is 16.6. The molecule has 21 heavy (non-hydrogen) atoms. The first-order valence-corrected chi connectivity index (χ1v) is 7.83. The second kappa shape index (κ2) is 7.66. The molecule has 0 bridgehead atoms. The first-order chi connectivity index (χ1) is 10.1. The maximum Gasteiger partial charge on any atom is 0.164 e. The van der Waals surface area contributed by atoms with Gasteiger partial charge in [-0.05, 0) is 44.2 Å². The largest absolute Gasteiger partial charge is 0.493 e. The van der Waals surface area contributed by atoms with Crippen molar-refractivity contribution in [2.45, 2.75) is 57.8 Å². The Balaban J connectivity index is 2.07. The Hall–Kier alpha value is -1.26. The van der Waals surface area contributed by atoms with Gasteiger partial charge in [-0.2, -0.15) is 0 Å². The van der Waals surface area contributed by atoms with E-state index in [1.807, 2.05) is 12.1 Å². The molecule has 3 atom stereocenters. The van der Waals surface area contributed by atoms with Crippen LogP contribution in [0, 0.1) is 0 Å². The van der Waals surface area contributed by atoms with Crippen molar-refractivity contribution in [2.24, 2.45) is 5.73 Å². The number of hydrogen-bond donors (Lipinski definition) is 1. The number of rotatable bonds is 7. The van der Waals surface area contributed by atoms with E-state index in [-0.39, 0.29) is 12.1 Å². The van der Waals surface area contributed by atoms with Crippen LogP contribution in [0.4, 0.5) is 0 Å². The van der Waals surface area contributed by atoms with Crippen LogP contribution in [0.5, 0.6) is 11.5 Å². The monoisotopic (exact) mass is 293 g/mol. The molecule has 118 valence electrons. The van der Waals surface area contributed by atoms with E-state index in [0.29, 0.717) is 12.7 Å². The molecule has 1 aliphatic heterocycles. The second-order valence-corrected chi connectivity index (χ2v) is 5.78. The molecule has 1 saturated heterocycles. The molecule has 0 aliphatic carbocycles. The lowest BCUT2D eigenvalue weighted by atomic mass is 10.0.